The fourth-order valence-electron chi connectivity index (χ4n) is 3.74. The van der Waals surface area contributed by atoms with Gasteiger partial charge in [0.25, 0.3) is 10.0 Å². The second-order valence-electron chi connectivity index (χ2n) is 7.33. The molecule has 6 nitrogen and oxygen atoms in total. The smallest absolute Gasteiger partial charge is 0.252 e. The number of hydrogen-bond donors (Lipinski definition) is 1. The van der Waals surface area contributed by atoms with E-state index < -0.39 is 10.0 Å². The molecule has 29 heavy (non-hydrogen) atoms. The Bertz CT molecular complexity index is 942. The number of nitrogens with one attached hydrogen (secondary N) is 1. The van der Waals surface area contributed by atoms with E-state index in [-0.39, 0.29) is 24.4 Å². The minimum absolute atomic E-state index is 0.0867. The molecule has 8 heteroatoms. The Kier molecular flexibility index (Phi) is 6.97. The molecule has 0 saturated carbocycles. The fraction of sp³-hybridized carbons (Fsp3) is 0.476. The van der Waals surface area contributed by atoms with E-state index in [2.05, 4.69) is 5.32 Å². The summed E-state index contributed by atoms with van der Waals surface area (Å²) in [5.74, 6) is 0.389. The summed E-state index contributed by atoms with van der Waals surface area (Å²) in [6.45, 7) is 4.69. The summed E-state index contributed by atoms with van der Waals surface area (Å²) in [5, 5.41) is 4.88. The number of sulfonamides is 1. The summed E-state index contributed by atoms with van der Waals surface area (Å²) in [5.41, 5.74) is 2.04. The topological polar surface area (TPSA) is 75.7 Å². The Balaban J connectivity index is 1.70. The van der Waals surface area contributed by atoms with E-state index >= 15 is 0 Å². The third-order valence-corrected chi connectivity index (χ3v) is 8.63. The molecule has 0 radical (unpaired) electrons. The Morgan fingerprint density at radius 3 is 2.79 bits per heavy atom. The molecule has 0 aliphatic carbocycles. The van der Waals surface area contributed by atoms with Gasteiger partial charge in [-0.05, 0) is 54.8 Å². The highest BCUT2D eigenvalue weighted by molar-refractivity contribution is 7.91. The molecule has 3 rings (SSSR count). The first-order chi connectivity index (χ1) is 13.9. The van der Waals surface area contributed by atoms with Gasteiger partial charge >= 0.3 is 0 Å². The Labute approximate surface area is 176 Å². The van der Waals surface area contributed by atoms with Crippen molar-refractivity contribution in [3.8, 4) is 5.75 Å². The first-order valence-electron chi connectivity index (χ1n) is 9.85. The van der Waals surface area contributed by atoms with Crippen LogP contribution in [0.15, 0.2) is 39.9 Å². The van der Waals surface area contributed by atoms with Crippen molar-refractivity contribution in [1.82, 2.24) is 9.62 Å². The number of nitrogens with zero attached hydrogens (tertiary/aromatic N) is 1. The van der Waals surface area contributed by atoms with Crippen molar-refractivity contribution in [3.63, 3.8) is 0 Å². The molecule has 2 aromatic rings. The lowest BCUT2D eigenvalue weighted by Gasteiger charge is -2.32. The highest BCUT2D eigenvalue weighted by Crippen LogP contribution is 2.28. The molecule has 1 fully saturated rings. The largest absolute Gasteiger partial charge is 0.496 e. The molecular formula is C21H28N2O4S2. The maximum Gasteiger partial charge on any atom is 0.252 e. The van der Waals surface area contributed by atoms with Gasteiger partial charge in [0.2, 0.25) is 5.91 Å². The lowest BCUT2D eigenvalue weighted by atomic mass is 9.96. The molecule has 1 aliphatic heterocycles. The second kappa shape index (κ2) is 9.28. The van der Waals surface area contributed by atoms with E-state index in [0.717, 1.165) is 23.3 Å². The van der Waals surface area contributed by atoms with E-state index in [1.165, 1.54) is 15.6 Å². The van der Waals surface area contributed by atoms with Gasteiger partial charge in [-0.25, -0.2) is 8.42 Å². The van der Waals surface area contributed by atoms with Crippen LogP contribution in [-0.2, 0) is 14.8 Å². The molecule has 0 unspecified atom stereocenters. The number of ether oxygens (including phenoxy) is 1. The Morgan fingerprint density at radius 1 is 1.38 bits per heavy atom. The predicted molar refractivity (Wildman–Crippen MR) is 115 cm³/mol. The summed E-state index contributed by atoms with van der Waals surface area (Å²) in [6, 6.07) is 9.14. The van der Waals surface area contributed by atoms with Crippen LogP contribution in [0, 0.1) is 12.8 Å². The second-order valence-corrected chi connectivity index (χ2v) is 10.4. The highest BCUT2D eigenvalue weighted by Gasteiger charge is 2.34. The maximum atomic E-state index is 13.0. The number of rotatable bonds is 7. The molecular weight excluding hydrogens is 408 g/mol. The summed E-state index contributed by atoms with van der Waals surface area (Å²) in [4.78, 5) is 13.0. The predicted octanol–water partition coefficient (Wildman–Crippen LogP) is 3.73. The quantitative estimate of drug-likeness (QED) is 0.718. The van der Waals surface area contributed by atoms with E-state index in [0.29, 0.717) is 23.6 Å². The highest BCUT2D eigenvalue weighted by atomic mass is 32.2. The average molecular weight is 437 g/mol. The van der Waals surface area contributed by atoms with E-state index in [1.54, 1.807) is 24.6 Å². The minimum Gasteiger partial charge on any atom is -0.496 e. The van der Waals surface area contributed by atoms with Gasteiger partial charge in [0, 0.05) is 13.1 Å². The van der Waals surface area contributed by atoms with Crippen LogP contribution in [0.1, 0.15) is 43.4 Å². The van der Waals surface area contributed by atoms with E-state index in [4.69, 9.17) is 4.74 Å². The van der Waals surface area contributed by atoms with Crippen LogP contribution >= 0.6 is 11.3 Å². The molecule has 0 spiro atoms. The number of methoxy groups -OCH3 is 1. The SMILES string of the molecule is CC[C@@H](NC(=O)[C@@H]1CCCN(S(=O)(=O)c2cccs2)C1)c1ccc(OC)c(C)c1. The molecule has 158 valence electrons. The molecule has 0 bridgehead atoms. The maximum absolute atomic E-state index is 13.0. The van der Waals surface area contributed by atoms with Crippen molar-refractivity contribution in [3.05, 3.63) is 46.8 Å². The Morgan fingerprint density at radius 2 is 2.17 bits per heavy atom. The molecule has 1 saturated heterocycles. The van der Waals surface area contributed by atoms with Gasteiger partial charge in [0.1, 0.15) is 9.96 Å². The molecule has 2 atom stereocenters. The van der Waals surface area contributed by atoms with Crippen LogP contribution in [0.2, 0.25) is 0 Å². The summed E-state index contributed by atoms with van der Waals surface area (Å²) in [6.07, 6.45) is 2.13. The van der Waals surface area contributed by atoms with Crippen LogP contribution in [0.3, 0.4) is 0 Å². The molecule has 1 aromatic heterocycles. The van der Waals surface area contributed by atoms with Crippen molar-refractivity contribution in [2.45, 2.75) is 43.4 Å². The van der Waals surface area contributed by atoms with Gasteiger partial charge in [0.05, 0.1) is 19.1 Å². The van der Waals surface area contributed by atoms with Gasteiger partial charge in [0.15, 0.2) is 0 Å². The van der Waals surface area contributed by atoms with Crippen LogP contribution in [0.25, 0.3) is 0 Å². The molecule has 2 heterocycles. The number of hydrogen-bond acceptors (Lipinski definition) is 5. The van der Waals surface area contributed by atoms with Gasteiger partial charge in [-0.1, -0.05) is 25.1 Å². The molecule has 1 N–H and O–H groups in total. The number of thiophene rings is 1. The van der Waals surface area contributed by atoms with Crippen molar-refractivity contribution >= 4 is 27.3 Å². The third-order valence-electron chi connectivity index (χ3n) is 5.39. The third kappa shape index (κ3) is 4.82. The Hall–Kier alpha value is -1.90. The fourth-order valence-corrected chi connectivity index (χ4v) is 6.41. The van der Waals surface area contributed by atoms with Gasteiger partial charge < -0.3 is 10.1 Å². The normalized spacial score (nSPS) is 18.9. The van der Waals surface area contributed by atoms with Crippen molar-refractivity contribution in [1.29, 1.82) is 0 Å². The van der Waals surface area contributed by atoms with Gasteiger partial charge in [-0.15, -0.1) is 11.3 Å². The van der Waals surface area contributed by atoms with Crippen LogP contribution in [-0.4, -0.2) is 38.8 Å². The average Bonchev–Trinajstić information content (AvgIpc) is 3.27. The minimum atomic E-state index is -3.53. The molecule has 1 aliphatic rings. The van der Waals surface area contributed by atoms with Crippen LogP contribution in [0.4, 0.5) is 0 Å². The lowest BCUT2D eigenvalue weighted by Crippen LogP contribution is -2.45. The zero-order valence-corrected chi connectivity index (χ0v) is 18.7. The number of carbonyl (C=O) groups is 1. The van der Waals surface area contributed by atoms with Crippen molar-refractivity contribution in [2.75, 3.05) is 20.2 Å². The number of aryl methyl sites for hydroxylation is 1. The van der Waals surface area contributed by atoms with Crippen LogP contribution in [0.5, 0.6) is 5.75 Å². The van der Waals surface area contributed by atoms with Crippen LogP contribution < -0.4 is 10.1 Å². The zero-order chi connectivity index (χ0) is 21.0. The lowest BCUT2D eigenvalue weighted by molar-refractivity contribution is -0.126. The standard InChI is InChI=1S/C21H28N2O4S2/c1-4-18(16-9-10-19(27-3)15(2)13-16)22-21(24)17-7-5-11-23(14-17)29(25,26)20-8-6-12-28-20/h6,8-10,12-13,17-18H,4-5,7,11,14H2,1-3H3,(H,22,24)/t17-,18-/m1/s1. The van der Waals surface area contributed by atoms with Gasteiger partial charge in [-0.3, -0.25) is 4.79 Å². The summed E-state index contributed by atoms with van der Waals surface area (Å²) in [7, 11) is -1.89. The number of carbonyl (C=O) groups excluding carboxylic acids is 1. The van der Waals surface area contributed by atoms with Crippen molar-refractivity contribution < 1.29 is 17.9 Å². The number of amides is 1. The number of piperidine rings is 1. The van der Waals surface area contributed by atoms with E-state index in [1.807, 2.05) is 32.0 Å². The summed E-state index contributed by atoms with van der Waals surface area (Å²) < 4.78 is 32.7. The zero-order valence-electron chi connectivity index (χ0n) is 17.1. The monoisotopic (exact) mass is 436 g/mol. The van der Waals surface area contributed by atoms with Gasteiger partial charge in [-0.2, -0.15) is 4.31 Å². The summed E-state index contributed by atoms with van der Waals surface area (Å²) >= 11 is 1.21. The molecule has 1 amide bonds. The molecule has 1 aromatic carbocycles. The van der Waals surface area contributed by atoms with E-state index in [9.17, 15) is 13.2 Å². The first-order valence-corrected chi connectivity index (χ1v) is 12.2. The van der Waals surface area contributed by atoms with Crippen molar-refractivity contribution in [2.24, 2.45) is 5.92 Å². The first kappa shape index (κ1) is 21.8. The number of benzene rings is 1.